The fourth-order valence-electron chi connectivity index (χ4n) is 0.877. The van der Waals surface area contributed by atoms with Crippen molar-refractivity contribution in [1.29, 1.82) is 0 Å². The number of aryl methyl sites for hydroxylation is 1. The molecule has 0 saturated heterocycles. The van der Waals surface area contributed by atoms with Gasteiger partial charge in [-0.15, -0.1) is 0 Å². The van der Waals surface area contributed by atoms with Crippen LogP contribution in [0.15, 0.2) is 30.9 Å². The second kappa shape index (κ2) is 3.94. The van der Waals surface area contributed by atoms with Crippen LogP contribution in [0.4, 0.5) is 0 Å². The summed E-state index contributed by atoms with van der Waals surface area (Å²) in [4.78, 5) is 10.9. The van der Waals surface area contributed by atoms with E-state index in [2.05, 4.69) is 6.58 Å². The van der Waals surface area contributed by atoms with Crippen molar-refractivity contribution in [2.45, 2.75) is 6.92 Å². The maximum Gasteiger partial charge on any atom is 0.335 e. The summed E-state index contributed by atoms with van der Waals surface area (Å²) in [5.74, 6) is -0.00130. The number of carbonyl (C=O) groups is 1. The Morgan fingerprint density at radius 1 is 1.62 bits per heavy atom. The predicted octanol–water partition coefficient (Wildman–Crippen LogP) is 0.880. The summed E-state index contributed by atoms with van der Waals surface area (Å²) < 4.78 is 4.94. The normalized spacial score (nSPS) is 9.31. The van der Waals surface area contributed by atoms with Crippen LogP contribution in [-0.4, -0.2) is 13.8 Å². The zero-order valence-corrected chi connectivity index (χ0v) is 7.41. The Bertz CT molecular complexity index is 345. The van der Waals surface area contributed by atoms with Gasteiger partial charge < -0.3 is 4.74 Å². The van der Waals surface area contributed by atoms with Gasteiger partial charge in [-0.2, -0.15) is 0 Å². The van der Waals surface area contributed by atoms with Gasteiger partial charge in [-0.3, -0.25) is 0 Å². The van der Waals surface area contributed by atoms with E-state index < -0.39 is 5.97 Å². The molecular weight excluding hydrogens is 163 g/mol. The molecule has 1 aromatic carbocycles. The maximum atomic E-state index is 10.9. The van der Waals surface area contributed by atoms with Crippen LogP contribution in [-0.2, 0) is 4.79 Å². The smallest absolute Gasteiger partial charge is 0.335 e. The molecular formula is C10H9BO2. The summed E-state index contributed by atoms with van der Waals surface area (Å²) in [6.45, 7) is 5.14. The largest absolute Gasteiger partial charge is 0.423 e. The molecule has 0 fully saturated rings. The number of esters is 1. The lowest BCUT2D eigenvalue weighted by Crippen LogP contribution is -2.08. The molecule has 0 heterocycles. The van der Waals surface area contributed by atoms with Crippen LogP contribution in [0.3, 0.4) is 0 Å². The molecule has 3 heteroatoms. The molecule has 64 valence electrons. The van der Waals surface area contributed by atoms with E-state index in [-0.39, 0.29) is 0 Å². The molecule has 0 aromatic heterocycles. The quantitative estimate of drug-likeness (QED) is 0.286. The third-order valence-corrected chi connectivity index (χ3v) is 1.59. The minimum absolute atomic E-state index is 0.477. The van der Waals surface area contributed by atoms with Crippen LogP contribution in [0.25, 0.3) is 0 Å². The minimum Gasteiger partial charge on any atom is -0.423 e. The van der Waals surface area contributed by atoms with E-state index in [0.29, 0.717) is 11.2 Å². The van der Waals surface area contributed by atoms with E-state index in [1.54, 1.807) is 18.2 Å². The van der Waals surface area contributed by atoms with Crippen molar-refractivity contribution >= 4 is 19.3 Å². The molecule has 2 nitrogen and oxygen atoms in total. The van der Waals surface area contributed by atoms with Crippen LogP contribution >= 0.6 is 0 Å². The van der Waals surface area contributed by atoms with E-state index in [1.165, 1.54) is 0 Å². The third kappa shape index (κ3) is 2.47. The highest BCUT2D eigenvalue weighted by atomic mass is 16.5. The predicted molar refractivity (Wildman–Crippen MR) is 52.4 cm³/mol. The highest BCUT2D eigenvalue weighted by Gasteiger charge is 2.02. The first-order chi connectivity index (χ1) is 6.13. The summed E-state index contributed by atoms with van der Waals surface area (Å²) in [5.41, 5.74) is 1.43. The van der Waals surface area contributed by atoms with Crippen LogP contribution < -0.4 is 10.2 Å². The van der Waals surface area contributed by atoms with Gasteiger partial charge in [0.25, 0.3) is 0 Å². The molecule has 0 spiro atoms. The minimum atomic E-state index is -0.478. The van der Waals surface area contributed by atoms with Crippen molar-refractivity contribution in [3.8, 4) is 5.75 Å². The average Bonchev–Trinajstić information content (AvgIpc) is 2.11. The standard InChI is InChI=1S/C10H9BO2/c1-3-10(12)13-9-6-8(11)5-4-7(9)2/h3-6H,1H2,2H3. The zero-order valence-electron chi connectivity index (χ0n) is 7.41. The monoisotopic (exact) mass is 172 g/mol. The van der Waals surface area contributed by atoms with Crippen molar-refractivity contribution in [3.63, 3.8) is 0 Å². The number of hydrogen-bond acceptors (Lipinski definition) is 2. The lowest BCUT2D eigenvalue weighted by molar-refractivity contribution is -0.129. The Balaban J connectivity index is 2.93. The maximum absolute atomic E-state index is 10.9. The van der Waals surface area contributed by atoms with Gasteiger partial charge in [-0.1, -0.05) is 24.2 Å². The molecule has 0 atom stereocenters. The van der Waals surface area contributed by atoms with Gasteiger partial charge in [0.1, 0.15) is 13.6 Å². The number of ether oxygens (including phenoxy) is 1. The molecule has 13 heavy (non-hydrogen) atoms. The third-order valence-electron chi connectivity index (χ3n) is 1.59. The molecule has 0 N–H and O–H groups in total. The van der Waals surface area contributed by atoms with Crippen molar-refractivity contribution < 1.29 is 9.53 Å². The van der Waals surface area contributed by atoms with E-state index >= 15 is 0 Å². The fourth-order valence-corrected chi connectivity index (χ4v) is 0.877. The van der Waals surface area contributed by atoms with Gasteiger partial charge in [0.05, 0.1) is 0 Å². The highest BCUT2D eigenvalue weighted by Crippen LogP contribution is 2.14. The summed E-state index contributed by atoms with van der Waals surface area (Å²) in [6.07, 6.45) is 1.11. The molecule has 0 unspecified atom stereocenters. The Morgan fingerprint density at radius 3 is 2.92 bits per heavy atom. The van der Waals surface area contributed by atoms with E-state index in [1.807, 2.05) is 6.92 Å². The van der Waals surface area contributed by atoms with Crippen molar-refractivity contribution in [3.05, 3.63) is 36.4 Å². The first kappa shape index (κ1) is 9.58. The van der Waals surface area contributed by atoms with Crippen LogP contribution in [0.2, 0.25) is 0 Å². The Labute approximate surface area is 78.6 Å². The van der Waals surface area contributed by atoms with Crippen molar-refractivity contribution in [1.82, 2.24) is 0 Å². The second-order valence-electron chi connectivity index (χ2n) is 2.65. The number of hydrogen-bond donors (Lipinski definition) is 0. The molecule has 0 bridgehead atoms. The Hall–Kier alpha value is -1.51. The first-order valence-corrected chi connectivity index (χ1v) is 3.84. The molecule has 1 aromatic rings. The van der Waals surface area contributed by atoms with Gasteiger partial charge in [0, 0.05) is 6.08 Å². The molecule has 0 aliphatic carbocycles. The number of benzene rings is 1. The Morgan fingerprint density at radius 2 is 2.31 bits per heavy atom. The second-order valence-corrected chi connectivity index (χ2v) is 2.65. The lowest BCUT2D eigenvalue weighted by Gasteiger charge is -2.05. The summed E-state index contributed by atoms with van der Waals surface area (Å²) in [7, 11) is 5.53. The topological polar surface area (TPSA) is 26.3 Å². The first-order valence-electron chi connectivity index (χ1n) is 3.84. The van der Waals surface area contributed by atoms with Crippen LogP contribution in [0, 0.1) is 6.92 Å². The molecule has 0 amide bonds. The van der Waals surface area contributed by atoms with Crippen LogP contribution in [0.5, 0.6) is 5.75 Å². The van der Waals surface area contributed by atoms with Crippen LogP contribution in [0.1, 0.15) is 5.56 Å². The summed E-state index contributed by atoms with van der Waals surface area (Å²) in [6, 6.07) is 5.15. The Kier molecular flexibility index (Phi) is 2.90. The van der Waals surface area contributed by atoms with Gasteiger partial charge in [0.15, 0.2) is 0 Å². The lowest BCUT2D eigenvalue weighted by atomic mass is 9.95. The van der Waals surface area contributed by atoms with Crippen molar-refractivity contribution in [2.75, 3.05) is 0 Å². The number of rotatable bonds is 2. The summed E-state index contributed by atoms with van der Waals surface area (Å²) >= 11 is 0. The van der Waals surface area contributed by atoms with Gasteiger partial charge in [0.2, 0.25) is 0 Å². The highest BCUT2D eigenvalue weighted by molar-refractivity contribution is 6.32. The number of carbonyl (C=O) groups excluding carboxylic acids is 1. The van der Waals surface area contributed by atoms with E-state index in [4.69, 9.17) is 12.6 Å². The zero-order chi connectivity index (χ0) is 9.84. The summed E-state index contributed by atoms with van der Waals surface area (Å²) in [5, 5.41) is 0. The molecule has 2 radical (unpaired) electrons. The molecule has 0 saturated carbocycles. The fraction of sp³-hybridized carbons (Fsp3) is 0.100. The molecule has 0 aliphatic heterocycles. The van der Waals surface area contributed by atoms with Crippen molar-refractivity contribution in [2.24, 2.45) is 0 Å². The average molecular weight is 172 g/mol. The molecule has 1 rings (SSSR count). The van der Waals surface area contributed by atoms with E-state index in [9.17, 15) is 4.79 Å². The van der Waals surface area contributed by atoms with E-state index in [0.717, 1.165) is 11.6 Å². The molecule has 0 aliphatic rings. The van der Waals surface area contributed by atoms with Gasteiger partial charge in [-0.25, -0.2) is 4.79 Å². The SMILES string of the molecule is [B]c1ccc(C)c(OC(=O)C=C)c1. The van der Waals surface area contributed by atoms with Gasteiger partial charge in [-0.05, 0) is 18.6 Å². The van der Waals surface area contributed by atoms with Gasteiger partial charge >= 0.3 is 5.97 Å².